The third kappa shape index (κ3) is 2.81. The summed E-state index contributed by atoms with van der Waals surface area (Å²) in [6, 6.07) is 11.1. The Labute approximate surface area is 150 Å². The molecule has 1 N–H and O–H groups in total. The lowest BCUT2D eigenvalue weighted by atomic mass is 10.1. The van der Waals surface area contributed by atoms with Gasteiger partial charge in [-0.3, -0.25) is 4.79 Å². The molecule has 0 spiro atoms. The number of halogens is 2. The predicted octanol–water partition coefficient (Wildman–Crippen LogP) is 3.72. The molecule has 1 saturated heterocycles. The number of nitrogens with zero attached hydrogens (tertiary/aromatic N) is 2. The number of H-pyrrole nitrogens is 1. The Balaban J connectivity index is 1.52. The topological polar surface area (TPSA) is 39.3 Å². The van der Waals surface area contributed by atoms with Crippen molar-refractivity contribution in [1.29, 1.82) is 0 Å². The smallest absolute Gasteiger partial charge is 0.270 e. The van der Waals surface area contributed by atoms with E-state index >= 15 is 0 Å². The molecule has 1 fully saturated rings. The highest BCUT2D eigenvalue weighted by atomic mass is 19.1. The van der Waals surface area contributed by atoms with E-state index in [0.717, 1.165) is 10.9 Å². The molecule has 1 amide bonds. The number of aryl methyl sites for hydroxylation is 1. The predicted molar refractivity (Wildman–Crippen MR) is 97.5 cm³/mol. The number of para-hydroxylation sites is 1. The number of aromatic nitrogens is 1. The molecule has 3 aromatic rings. The van der Waals surface area contributed by atoms with Gasteiger partial charge in [0.05, 0.1) is 5.69 Å². The van der Waals surface area contributed by atoms with Crippen LogP contribution in [0.4, 0.5) is 14.5 Å². The minimum atomic E-state index is -0.337. The summed E-state index contributed by atoms with van der Waals surface area (Å²) in [6.45, 7) is 4.02. The van der Waals surface area contributed by atoms with Crippen molar-refractivity contribution in [2.45, 2.75) is 6.92 Å². The normalized spacial score (nSPS) is 14.9. The van der Waals surface area contributed by atoms with Crippen LogP contribution in [0.1, 0.15) is 16.1 Å². The van der Waals surface area contributed by atoms with Gasteiger partial charge in [0.15, 0.2) is 0 Å². The van der Waals surface area contributed by atoms with E-state index in [1.807, 2.05) is 17.9 Å². The van der Waals surface area contributed by atoms with Gasteiger partial charge >= 0.3 is 0 Å². The highest BCUT2D eigenvalue weighted by Crippen LogP contribution is 2.25. The zero-order valence-electron chi connectivity index (χ0n) is 14.4. The van der Waals surface area contributed by atoms with E-state index in [1.165, 1.54) is 18.2 Å². The maximum atomic E-state index is 13.9. The van der Waals surface area contributed by atoms with Crippen LogP contribution >= 0.6 is 0 Å². The number of benzene rings is 2. The minimum absolute atomic E-state index is 0.104. The van der Waals surface area contributed by atoms with Crippen LogP contribution in [0.2, 0.25) is 0 Å². The molecule has 0 unspecified atom stereocenters. The van der Waals surface area contributed by atoms with Gasteiger partial charge in [0.25, 0.3) is 5.91 Å². The second-order valence-electron chi connectivity index (χ2n) is 6.55. The van der Waals surface area contributed by atoms with Crippen molar-refractivity contribution in [3.63, 3.8) is 0 Å². The van der Waals surface area contributed by atoms with Crippen molar-refractivity contribution in [2.75, 3.05) is 31.1 Å². The molecule has 0 aliphatic carbocycles. The summed E-state index contributed by atoms with van der Waals surface area (Å²) in [5.41, 5.74) is 2.50. The number of fused-ring (bicyclic) bond motifs is 1. The van der Waals surface area contributed by atoms with Crippen LogP contribution in [-0.4, -0.2) is 42.0 Å². The van der Waals surface area contributed by atoms with Crippen molar-refractivity contribution >= 4 is 22.5 Å². The third-order valence-corrected chi connectivity index (χ3v) is 4.99. The molecule has 26 heavy (non-hydrogen) atoms. The quantitative estimate of drug-likeness (QED) is 0.761. The highest BCUT2D eigenvalue weighted by Gasteiger charge is 2.26. The molecule has 6 heteroatoms. The minimum Gasteiger partial charge on any atom is -0.366 e. The van der Waals surface area contributed by atoms with Crippen LogP contribution in [-0.2, 0) is 0 Å². The van der Waals surface area contributed by atoms with Gasteiger partial charge in [0.1, 0.15) is 17.3 Å². The fraction of sp³-hybridized carbons (Fsp3) is 0.250. The Morgan fingerprint density at radius 3 is 2.50 bits per heavy atom. The molecule has 0 saturated carbocycles. The number of aromatic amines is 1. The number of carbonyl (C=O) groups is 1. The SMILES string of the molecule is Cc1c(C(=O)N2CCN(c3ccccc3F)CC2)[nH]c2cc(F)ccc12. The largest absolute Gasteiger partial charge is 0.366 e. The Bertz CT molecular complexity index is 974. The molecule has 1 aliphatic rings. The van der Waals surface area contributed by atoms with Gasteiger partial charge in [-0.1, -0.05) is 12.1 Å². The van der Waals surface area contributed by atoms with E-state index < -0.39 is 0 Å². The number of amides is 1. The fourth-order valence-corrected chi connectivity index (χ4v) is 3.54. The second-order valence-corrected chi connectivity index (χ2v) is 6.55. The lowest BCUT2D eigenvalue weighted by Gasteiger charge is -2.36. The lowest BCUT2D eigenvalue weighted by molar-refractivity contribution is 0.0741. The zero-order chi connectivity index (χ0) is 18.3. The first kappa shape index (κ1) is 16.6. The fourth-order valence-electron chi connectivity index (χ4n) is 3.54. The maximum Gasteiger partial charge on any atom is 0.270 e. The van der Waals surface area contributed by atoms with Gasteiger partial charge in [-0.05, 0) is 42.8 Å². The van der Waals surface area contributed by atoms with E-state index in [4.69, 9.17) is 0 Å². The molecule has 0 bridgehead atoms. The van der Waals surface area contributed by atoms with Gasteiger partial charge in [-0.15, -0.1) is 0 Å². The van der Waals surface area contributed by atoms with Crippen molar-refractivity contribution in [2.24, 2.45) is 0 Å². The molecule has 134 valence electrons. The molecule has 2 heterocycles. The van der Waals surface area contributed by atoms with Crippen LogP contribution in [0, 0.1) is 18.6 Å². The van der Waals surface area contributed by atoms with Crippen LogP contribution < -0.4 is 4.90 Å². The van der Waals surface area contributed by atoms with E-state index in [0.29, 0.717) is 43.1 Å². The standard InChI is InChI=1S/C20H19F2N3O/c1-13-15-7-6-14(21)12-17(15)23-19(13)20(26)25-10-8-24(9-11-25)18-5-3-2-4-16(18)22/h2-7,12,23H,8-11H2,1H3. The maximum absolute atomic E-state index is 13.9. The number of piperazine rings is 1. The van der Waals surface area contributed by atoms with E-state index in [9.17, 15) is 13.6 Å². The second kappa shape index (κ2) is 6.44. The van der Waals surface area contributed by atoms with Gasteiger partial charge in [-0.25, -0.2) is 8.78 Å². The van der Waals surface area contributed by atoms with E-state index in [-0.39, 0.29) is 17.5 Å². The molecule has 4 rings (SSSR count). The Morgan fingerprint density at radius 1 is 1.04 bits per heavy atom. The Hall–Kier alpha value is -2.89. The summed E-state index contributed by atoms with van der Waals surface area (Å²) in [4.78, 5) is 19.6. The summed E-state index contributed by atoms with van der Waals surface area (Å²) >= 11 is 0. The molecule has 2 aromatic carbocycles. The van der Waals surface area contributed by atoms with Crippen molar-refractivity contribution in [3.8, 4) is 0 Å². The number of hydrogen-bond donors (Lipinski definition) is 1. The molecule has 1 aromatic heterocycles. The van der Waals surface area contributed by atoms with Crippen LogP contribution in [0.15, 0.2) is 42.5 Å². The number of anilines is 1. The van der Waals surface area contributed by atoms with Crippen molar-refractivity contribution in [1.82, 2.24) is 9.88 Å². The third-order valence-electron chi connectivity index (χ3n) is 4.99. The summed E-state index contributed by atoms with van der Waals surface area (Å²) < 4.78 is 27.4. The molecule has 4 nitrogen and oxygen atoms in total. The summed E-state index contributed by atoms with van der Waals surface area (Å²) in [5.74, 6) is -0.690. The Kier molecular flexibility index (Phi) is 4.11. The monoisotopic (exact) mass is 355 g/mol. The molecular formula is C20H19F2N3O. The average molecular weight is 355 g/mol. The number of nitrogens with one attached hydrogen (secondary N) is 1. The highest BCUT2D eigenvalue weighted by molar-refractivity contribution is 6.01. The molecule has 0 radical (unpaired) electrons. The summed E-state index contributed by atoms with van der Waals surface area (Å²) in [6.07, 6.45) is 0. The van der Waals surface area contributed by atoms with Gasteiger partial charge < -0.3 is 14.8 Å². The first-order valence-electron chi connectivity index (χ1n) is 8.61. The number of rotatable bonds is 2. The first-order chi connectivity index (χ1) is 12.5. The lowest BCUT2D eigenvalue weighted by Crippen LogP contribution is -2.49. The van der Waals surface area contributed by atoms with Crippen LogP contribution in [0.3, 0.4) is 0 Å². The molecule has 0 atom stereocenters. The van der Waals surface area contributed by atoms with Gasteiger partial charge in [0, 0.05) is 37.1 Å². The summed E-state index contributed by atoms with van der Waals surface area (Å²) in [7, 11) is 0. The molecular weight excluding hydrogens is 336 g/mol. The van der Waals surface area contributed by atoms with Gasteiger partial charge in [-0.2, -0.15) is 0 Å². The van der Waals surface area contributed by atoms with Crippen molar-refractivity contribution < 1.29 is 13.6 Å². The summed E-state index contributed by atoms with van der Waals surface area (Å²) in [5, 5.41) is 0.847. The van der Waals surface area contributed by atoms with Gasteiger partial charge in [0.2, 0.25) is 0 Å². The number of carbonyl (C=O) groups excluding carboxylic acids is 1. The number of hydrogen-bond acceptors (Lipinski definition) is 2. The zero-order valence-corrected chi connectivity index (χ0v) is 14.4. The van der Waals surface area contributed by atoms with E-state index in [1.54, 1.807) is 23.1 Å². The first-order valence-corrected chi connectivity index (χ1v) is 8.61. The average Bonchev–Trinajstić information content (AvgIpc) is 2.97. The van der Waals surface area contributed by atoms with Crippen LogP contribution in [0.25, 0.3) is 10.9 Å². The van der Waals surface area contributed by atoms with Crippen molar-refractivity contribution in [3.05, 3.63) is 65.4 Å². The van der Waals surface area contributed by atoms with Crippen LogP contribution in [0.5, 0.6) is 0 Å². The molecule has 1 aliphatic heterocycles. The van der Waals surface area contributed by atoms with E-state index in [2.05, 4.69) is 4.98 Å². The Morgan fingerprint density at radius 2 is 1.77 bits per heavy atom.